The van der Waals surface area contributed by atoms with Crippen molar-refractivity contribution in [1.29, 1.82) is 5.26 Å². The third kappa shape index (κ3) is 5.28. The van der Waals surface area contributed by atoms with E-state index < -0.39 is 16.0 Å². The highest BCUT2D eigenvalue weighted by Gasteiger charge is 2.31. The van der Waals surface area contributed by atoms with E-state index in [4.69, 9.17) is 10.00 Å². The van der Waals surface area contributed by atoms with Gasteiger partial charge in [0.05, 0.1) is 23.9 Å². The molecule has 1 aromatic carbocycles. The summed E-state index contributed by atoms with van der Waals surface area (Å²) < 4.78 is 33.6. The number of anilines is 1. The Morgan fingerprint density at radius 3 is 2.34 bits per heavy atom. The summed E-state index contributed by atoms with van der Waals surface area (Å²) in [7, 11) is -3.69. The van der Waals surface area contributed by atoms with Crippen LogP contribution in [0.15, 0.2) is 23.1 Å². The zero-order valence-electron chi connectivity index (χ0n) is 16.8. The summed E-state index contributed by atoms with van der Waals surface area (Å²) in [6.07, 6.45) is 6.76. The summed E-state index contributed by atoms with van der Waals surface area (Å²) in [6, 6.07) is 6.87. The highest BCUT2D eigenvalue weighted by Crippen LogP contribution is 2.32. The smallest absolute Gasteiger partial charge is 0.338 e. The number of rotatable bonds is 7. The zero-order valence-corrected chi connectivity index (χ0v) is 17.6. The maximum absolute atomic E-state index is 13.4. The summed E-state index contributed by atoms with van der Waals surface area (Å²) in [5, 5.41) is 8.59. The van der Waals surface area contributed by atoms with Crippen LogP contribution < -0.4 is 4.90 Å². The molecule has 2 saturated heterocycles. The maximum atomic E-state index is 13.4. The van der Waals surface area contributed by atoms with Gasteiger partial charge in [0.25, 0.3) is 0 Å². The standard InChI is InChI=1S/C21H29N3O4S/c22-11-3-8-16-28-21(25)18-9-10-19(23-12-4-1-5-13-23)20(17-18)29(26,27)24-14-6-2-7-15-24/h9-10,17H,1-8,12-16H2. The lowest BCUT2D eigenvalue weighted by atomic mass is 10.1. The van der Waals surface area contributed by atoms with Crippen molar-refractivity contribution >= 4 is 21.7 Å². The fourth-order valence-corrected chi connectivity index (χ4v) is 5.64. The minimum absolute atomic E-state index is 0.147. The van der Waals surface area contributed by atoms with Gasteiger partial charge < -0.3 is 9.64 Å². The molecule has 2 heterocycles. The van der Waals surface area contributed by atoms with Gasteiger partial charge in [-0.25, -0.2) is 13.2 Å². The number of sulfonamides is 1. The van der Waals surface area contributed by atoms with E-state index in [-0.39, 0.29) is 17.1 Å². The van der Waals surface area contributed by atoms with Gasteiger partial charge in [-0.1, -0.05) is 6.42 Å². The van der Waals surface area contributed by atoms with Crippen molar-refractivity contribution in [3.05, 3.63) is 23.8 Å². The third-order valence-electron chi connectivity index (χ3n) is 5.49. The lowest BCUT2D eigenvalue weighted by Crippen LogP contribution is -2.37. The number of carbonyl (C=O) groups is 1. The van der Waals surface area contributed by atoms with Gasteiger partial charge in [-0.2, -0.15) is 9.57 Å². The Morgan fingerprint density at radius 1 is 1.03 bits per heavy atom. The number of esters is 1. The predicted molar refractivity (Wildman–Crippen MR) is 110 cm³/mol. The Kier molecular flexibility index (Phi) is 7.51. The van der Waals surface area contributed by atoms with E-state index in [9.17, 15) is 13.2 Å². The molecular formula is C21H29N3O4S. The minimum Gasteiger partial charge on any atom is -0.462 e. The van der Waals surface area contributed by atoms with Crippen LogP contribution in [0, 0.1) is 11.3 Å². The first-order valence-corrected chi connectivity index (χ1v) is 11.9. The second kappa shape index (κ2) is 10.1. The molecule has 2 aliphatic rings. The van der Waals surface area contributed by atoms with Crippen molar-refractivity contribution in [1.82, 2.24) is 4.31 Å². The van der Waals surface area contributed by atoms with E-state index in [1.54, 1.807) is 16.4 Å². The topological polar surface area (TPSA) is 90.7 Å². The molecule has 0 aromatic heterocycles. The molecule has 3 rings (SSSR count). The molecule has 0 unspecified atom stereocenters. The largest absolute Gasteiger partial charge is 0.462 e. The molecule has 2 fully saturated rings. The average Bonchev–Trinajstić information content (AvgIpc) is 2.77. The van der Waals surface area contributed by atoms with Crippen molar-refractivity contribution in [2.45, 2.75) is 56.3 Å². The second-order valence-corrected chi connectivity index (χ2v) is 9.50. The van der Waals surface area contributed by atoms with Gasteiger partial charge >= 0.3 is 5.97 Å². The van der Waals surface area contributed by atoms with Crippen LogP contribution in [0.3, 0.4) is 0 Å². The Hall–Kier alpha value is -2.11. The van der Waals surface area contributed by atoms with E-state index in [0.717, 1.165) is 51.6 Å². The highest BCUT2D eigenvalue weighted by atomic mass is 32.2. The lowest BCUT2D eigenvalue weighted by molar-refractivity contribution is 0.0501. The molecule has 8 heteroatoms. The van der Waals surface area contributed by atoms with E-state index in [1.165, 1.54) is 6.07 Å². The molecule has 0 bridgehead atoms. The van der Waals surface area contributed by atoms with E-state index >= 15 is 0 Å². The Labute approximate surface area is 173 Å². The van der Waals surface area contributed by atoms with Gasteiger partial charge in [-0.05, 0) is 56.7 Å². The van der Waals surface area contributed by atoms with Crippen molar-refractivity contribution in [2.24, 2.45) is 0 Å². The maximum Gasteiger partial charge on any atom is 0.338 e. The Morgan fingerprint density at radius 2 is 1.69 bits per heavy atom. The van der Waals surface area contributed by atoms with Crippen LogP contribution in [0.25, 0.3) is 0 Å². The molecule has 0 amide bonds. The molecule has 0 atom stereocenters. The molecule has 0 spiro atoms. The van der Waals surface area contributed by atoms with Crippen molar-refractivity contribution in [3.8, 4) is 6.07 Å². The first-order chi connectivity index (χ1) is 14.0. The van der Waals surface area contributed by atoms with Crippen LogP contribution in [0.2, 0.25) is 0 Å². The van der Waals surface area contributed by atoms with Gasteiger partial charge in [0.1, 0.15) is 4.90 Å². The van der Waals surface area contributed by atoms with Crippen LogP contribution in [0.4, 0.5) is 5.69 Å². The number of hydrogen-bond acceptors (Lipinski definition) is 6. The number of nitriles is 1. The van der Waals surface area contributed by atoms with Gasteiger partial charge in [0.2, 0.25) is 10.0 Å². The number of unbranched alkanes of at least 4 members (excludes halogenated alkanes) is 1. The van der Waals surface area contributed by atoms with Gasteiger partial charge in [0, 0.05) is 32.6 Å². The van der Waals surface area contributed by atoms with E-state index in [0.29, 0.717) is 31.6 Å². The SMILES string of the molecule is N#CCCCOC(=O)c1ccc(N2CCCCC2)c(S(=O)(=O)N2CCCCC2)c1. The average molecular weight is 420 g/mol. The minimum atomic E-state index is -3.69. The van der Waals surface area contributed by atoms with Crippen LogP contribution >= 0.6 is 0 Å². The third-order valence-corrected chi connectivity index (χ3v) is 7.42. The van der Waals surface area contributed by atoms with Crippen LogP contribution in [-0.4, -0.2) is 51.5 Å². The highest BCUT2D eigenvalue weighted by molar-refractivity contribution is 7.89. The summed E-state index contributed by atoms with van der Waals surface area (Å²) >= 11 is 0. The van der Waals surface area contributed by atoms with E-state index in [2.05, 4.69) is 4.90 Å². The van der Waals surface area contributed by atoms with Gasteiger partial charge in [-0.15, -0.1) is 0 Å². The summed E-state index contributed by atoms with van der Waals surface area (Å²) in [4.78, 5) is 14.7. The van der Waals surface area contributed by atoms with Crippen LogP contribution in [0.1, 0.15) is 61.7 Å². The molecule has 2 aliphatic heterocycles. The fraction of sp³-hybridized carbons (Fsp3) is 0.619. The number of benzene rings is 1. The first kappa shape index (κ1) is 21.6. The summed E-state index contributed by atoms with van der Waals surface area (Å²) in [5.74, 6) is -0.553. The molecule has 7 nitrogen and oxygen atoms in total. The monoisotopic (exact) mass is 419 g/mol. The van der Waals surface area contributed by atoms with E-state index in [1.807, 2.05) is 6.07 Å². The molecule has 0 N–H and O–H groups in total. The van der Waals surface area contributed by atoms with Crippen LogP contribution in [-0.2, 0) is 14.8 Å². The Balaban J connectivity index is 1.90. The zero-order chi connectivity index (χ0) is 20.7. The lowest BCUT2D eigenvalue weighted by Gasteiger charge is -2.33. The second-order valence-electron chi connectivity index (χ2n) is 7.59. The van der Waals surface area contributed by atoms with Crippen molar-refractivity contribution < 1.29 is 17.9 Å². The molecule has 0 saturated carbocycles. The number of ether oxygens (including phenoxy) is 1. The molecular weight excluding hydrogens is 390 g/mol. The van der Waals surface area contributed by atoms with Crippen molar-refractivity contribution in [2.75, 3.05) is 37.7 Å². The fourth-order valence-electron chi connectivity index (χ4n) is 3.89. The molecule has 1 aromatic rings. The van der Waals surface area contributed by atoms with Gasteiger partial charge in [-0.3, -0.25) is 0 Å². The number of nitrogens with zero attached hydrogens (tertiary/aromatic N) is 3. The first-order valence-electron chi connectivity index (χ1n) is 10.5. The molecule has 0 radical (unpaired) electrons. The van der Waals surface area contributed by atoms with Crippen LogP contribution in [0.5, 0.6) is 0 Å². The molecule has 29 heavy (non-hydrogen) atoms. The number of carbonyl (C=O) groups excluding carboxylic acids is 1. The Bertz CT molecular complexity index is 851. The number of piperidine rings is 2. The molecule has 0 aliphatic carbocycles. The number of hydrogen-bond donors (Lipinski definition) is 0. The summed E-state index contributed by atoms with van der Waals surface area (Å²) in [5.41, 5.74) is 0.912. The predicted octanol–water partition coefficient (Wildman–Crippen LogP) is 3.31. The van der Waals surface area contributed by atoms with Gasteiger partial charge in [0.15, 0.2) is 0 Å². The molecule has 158 valence electrons. The normalized spacial score (nSPS) is 18.2. The van der Waals surface area contributed by atoms with Crippen molar-refractivity contribution in [3.63, 3.8) is 0 Å². The quantitative estimate of drug-likeness (QED) is 0.497. The summed E-state index contributed by atoms with van der Waals surface area (Å²) in [6.45, 7) is 2.82.